The van der Waals surface area contributed by atoms with E-state index in [4.69, 9.17) is 4.98 Å². The summed E-state index contributed by atoms with van der Waals surface area (Å²) < 4.78 is 15.4. The highest BCUT2D eigenvalue weighted by Crippen LogP contribution is 2.20. The molecular formula is C24H30FN7O. The summed E-state index contributed by atoms with van der Waals surface area (Å²) >= 11 is 0. The van der Waals surface area contributed by atoms with Crippen molar-refractivity contribution in [1.82, 2.24) is 29.6 Å². The second kappa shape index (κ2) is 10.1. The maximum Gasteiger partial charge on any atom is 0.244 e. The fourth-order valence-corrected chi connectivity index (χ4v) is 3.85. The molecule has 0 spiro atoms. The van der Waals surface area contributed by atoms with Crippen LogP contribution >= 0.6 is 0 Å². The van der Waals surface area contributed by atoms with Gasteiger partial charge in [0, 0.05) is 50.6 Å². The van der Waals surface area contributed by atoms with E-state index >= 15 is 0 Å². The molecule has 4 rings (SSSR count). The molecule has 3 heterocycles. The topological polar surface area (TPSA) is 80.0 Å². The molecule has 0 N–H and O–H groups in total. The molecule has 1 aliphatic rings. The average Bonchev–Trinajstić information content (AvgIpc) is 3.22. The van der Waals surface area contributed by atoms with Crippen molar-refractivity contribution >= 4 is 11.9 Å². The predicted octanol–water partition coefficient (Wildman–Crippen LogP) is 3.12. The van der Waals surface area contributed by atoms with E-state index in [0.717, 1.165) is 24.2 Å². The molecule has 1 aliphatic heterocycles. The first-order chi connectivity index (χ1) is 15.9. The third kappa shape index (κ3) is 5.53. The zero-order valence-corrected chi connectivity index (χ0v) is 19.4. The Kier molecular flexibility index (Phi) is 6.96. The molecule has 0 radical (unpaired) electrons. The molecule has 1 amide bonds. The minimum Gasteiger partial charge on any atom is -0.338 e. The van der Waals surface area contributed by atoms with Crippen molar-refractivity contribution in [3.05, 3.63) is 53.9 Å². The van der Waals surface area contributed by atoms with Gasteiger partial charge in [0.05, 0.1) is 0 Å². The summed E-state index contributed by atoms with van der Waals surface area (Å²) in [5, 5.41) is 4.63. The molecule has 0 bridgehead atoms. The van der Waals surface area contributed by atoms with Crippen LogP contribution in [0.25, 0.3) is 11.4 Å². The number of aromatic nitrogens is 5. The van der Waals surface area contributed by atoms with Crippen molar-refractivity contribution < 1.29 is 9.18 Å². The fraction of sp³-hybridized carbons (Fsp3) is 0.458. The summed E-state index contributed by atoms with van der Waals surface area (Å²) in [6.45, 7) is 8.77. The number of hydrogen-bond acceptors (Lipinski definition) is 6. The van der Waals surface area contributed by atoms with Crippen LogP contribution in [0, 0.1) is 18.7 Å². The molecule has 33 heavy (non-hydrogen) atoms. The lowest BCUT2D eigenvalue weighted by Gasteiger charge is -2.34. The number of carbonyl (C=O) groups excluding carboxylic acids is 1. The number of hydrogen-bond donors (Lipinski definition) is 0. The van der Waals surface area contributed by atoms with E-state index in [1.807, 2.05) is 4.90 Å². The number of halogens is 1. The van der Waals surface area contributed by atoms with Gasteiger partial charge in [0.15, 0.2) is 5.82 Å². The van der Waals surface area contributed by atoms with Gasteiger partial charge in [0.2, 0.25) is 11.9 Å². The normalized spacial score (nSPS) is 14.2. The van der Waals surface area contributed by atoms with Crippen LogP contribution in [0.4, 0.5) is 10.3 Å². The largest absolute Gasteiger partial charge is 0.338 e. The zero-order valence-electron chi connectivity index (χ0n) is 19.4. The number of carbonyl (C=O) groups is 1. The second-order valence-electron chi connectivity index (χ2n) is 8.82. The van der Waals surface area contributed by atoms with Gasteiger partial charge in [0.1, 0.15) is 18.2 Å². The van der Waals surface area contributed by atoms with Crippen LogP contribution < -0.4 is 4.90 Å². The number of amides is 1. The molecule has 0 atom stereocenters. The van der Waals surface area contributed by atoms with Gasteiger partial charge in [-0.1, -0.05) is 13.8 Å². The number of aryl methyl sites for hydroxylation is 2. The van der Waals surface area contributed by atoms with Crippen LogP contribution in [0.5, 0.6) is 0 Å². The Morgan fingerprint density at radius 2 is 1.85 bits per heavy atom. The second-order valence-corrected chi connectivity index (χ2v) is 8.82. The number of nitrogens with zero attached hydrogens (tertiary/aromatic N) is 7. The van der Waals surface area contributed by atoms with Gasteiger partial charge in [-0.05, 0) is 49.1 Å². The molecule has 3 aromatic rings. The van der Waals surface area contributed by atoms with Crippen molar-refractivity contribution in [3.63, 3.8) is 0 Å². The molecular weight excluding hydrogens is 421 g/mol. The van der Waals surface area contributed by atoms with Crippen LogP contribution in [-0.4, -0.2) is 61.7 Å². The van der Waals surface area contributed by atoms with E-state index in [2.05, 4.69) is 33.8 Å². The van der Waals surface area contributed by atoms with E-state index in [0.29, 0.717) is 49.4 Å². The molecule has 1 fully saturated rings. The summed E-state index contributed by atoms with van der Waals surface area (Å²) in [7, 11) is 0. The van der Waals surface area contributed by atoms with Gasteiger partial charge in [0.25, 0.3) is 0 Å². The number of rotatable bonds is 7. The Morgan fingerprint density at radius 1 is 1.12 bits per heavy atom. The van der Waals surface area contributed by atoms with Crippen LogP contribution in [-0.2, 0) is 17.8 Å². The van der Waals surface area contributed by atoms with Gasteiger partial charge < -0.3 is 9.80 Å². The first-order valence-corrected chi connectivity index (χ1v) is 11.4. The quantitative estimate of drug-likeness (QED) is 0.549. The van der Waals surface area contributed by atoms with Gasteiger partial charge >= 0.3 is 0 Å². The minimum absolute atomic E-state index is 0.0150. The van der Waals surface area contributed by atoms with Crippen LogP contribution in [0.2, 0.25) is 0 Å². The Bertz CT molecular complexity index is 1090. The maximum atomic E-state index is 13.7. The molecule has 174 valence electrons. The summed E-state index contributed by atoms with van der Waals surface area (Å²) in [4.78, 5) is 30.3. The third-order valence-electron chi connectivity index (χ3n) is 5.86. The van der Waals surface area contributed by atoms with Crippen molar-refractivity contribution in [2.24, 2.45) is 5.92 Å². The summed E-state index contributed by atoms with van der Waals surface area (Å²) in [6.07, 6.45) is 5.13. The van der Waals surface area contributed by atoms with E-state index in [-0.39, 0.29) is 18.3 Å². The smallest absolute Gasteiger partial charge is 0.244 e. The van der Waals surface area contributed by atoms with Crippen LogP contribution in [0.1, 0.15) is 31.7 Å². The molecule has 0 aliphatic carbocycles. The van der Waals surface area contributed by atoms with Crippen molar-refractivity contribution in [3.8, 4) is 11.4 Å². The molecule has 1 aromatic carbocycles. The fourth-order valence-electron chi connectivity index (χ4n) is 3.85. The van der Waals surface area contributed by atoms with Crippen molar-refractivity contribution in [1.29, 1.82) is 0 Å². The zero-order chi connectivity index (χ0) is 23.4. The van der Waals surface area contributed by atoms with E-state index in [9.17, 15) is 9.18 Å². The molecule has 2 aromatic heterocycles. The molecule has 1 saturated heterocycles. The molecule has 0 saturated carbocycles. The predicted molar refractivity (Wildman–Crippen MR) is 124 cm³/mol. The molecule has 9 heteroatoms. The minimum atomic E-state index is -0.256. The Labute approximate surface area is 193 Å². The summed E-state index contributed by atoms with van der Waals surface area (Å²) in [5.74, 6) is 2.27. The first kappa shape index (κ1) is 22.8. The van der Waals surface area contributed by atoms with Gasteiger partial charge in [-0.25, -0.2) is 24.0 Å². The lowest BCUT2D eigenvalue weighted by Crippen LogP contribution is -2.50. The van der Waals surface area contributed by atoms with E-state index < -0.39 is 0 Å². The standard InChI is InChI=1S/C24H30FN7O/c1-17(2)5-8-21-28-23(19-6-7-20(25)18(3)15-19)29-32(21)16-22(33)30-11-13-31(14-12-30)24-26-9-4-10-27-24/h4,6-7,9-10,15,17H,5,8,11-14,16H2,1-3H3. The summed E-state index contributed by atoms with van der Waals surface area (Å²) in [6, 6.07) is 6.65. The Morgan fingerprint density at radius 3 is 2.52 bits per heavy atom. The maximum absolute atomic E-state index is 13.7. The highest BCUT2D eigenvalue weighted by Gasteiger charge is 2.24. The van der Waals surface area contributed by atoms with Crippen LogP contribution in [0.3, 0.4) is 0 Å². The van der Waals surface area contributed by atoms with Gasteiger partial charge in [-0.3, -0.25) is 4.79 Å². The average molecular weight is 452 g/mol. The van der Waals surface area contributed by atoms with Gasteiger partial charge in [-0.15, -0.1) is 0 Å². The highest BCUT2D eigenvalue weighted by atomic mass is 19.1. The lowest BCUT2D eigenvalue weighted by molar-refractivity contribution is -0.132. The monoisotopic (exact) mass is 451 g/mol. The van der Waals surface area contributed by atoms with Crippen molar-refractivity contribution in [2.75, 3.05) is 31.1 Å². The number of benzene rings is 1. The molecule has 0 unspecified atom stereocenters. The molecule has 8 nitrogen and oxygen atoms in total. The SMILES string of the molecule is Cc1cc(-c2nc(CCC(C)C)n(CC(=O)N3CCN(c4ncccn4)CC3)n2)ccc1F. The van der Waals surface area contributed by atoms with E-state index in [1.165, 1.54) is 6.07 Å². The first-order valence-electron chi connectivity index (χ1n) is 11.4. The Hall–Kier alpha value is -3.36. The van der Waals surface area contributed by atoms with Gasteiger partial charge in [-0.2, -0.15) is 5.10 Å². The Balaban J connectivity index is 1.47. The highest BCUT2D eigenvalue weighted by molar-refractivity contribution is 5.76. The third-order valence-corrected chi connectivity index (χ3v) is 5.86. The van der Waals surface area contributed by atoms with Crippen molar-refractivity contribution in [2.45, 2.75) is 40.2 Å². The van der Waals surface area contributed by atoms with E-state index in [1.54, 1.807) is 42.2 Å². The summed E-state index contributed by atoms with van der Waals surface area (Å²) in [5.41, 5.74) is 1.30. The van der Waals surface area contributed by atoms with Crippen LogP contribution in [0.15, 0.2) is 36.7 Å². The number of anilines is 1. The number of piperazine rings is 1. The lowest BCUT2D eigenvalue weighted by atomic mass is 10.1.